The van der Waals surface area contributed by atoms with Gasteiger partial charge in [-0.15, -0.1) is 0 Å². The minimum atomic E-state index is -0.513. The first-order valence-corrected chi connectivity index (χ1v) is 6.96. The highest BCUT2D eigenvalue weighted by atomic mass is 16.2. The summed E-state index contributed by atoms with van der Waals surface area (Å²) in [6.07, 6.45) is 0.977. The van der Waals surface area contributed by atoms with Crippen molar-refractivity contribution in [3.05, 3.63) is 29.8 Å². The fraction of sp³-hybridized carbons (Fsp3) is 0.562. The van der Waals surface area contributed by atoms with Gasteiger partial charge in [0.1, 0.15) is 5.54 Å². The van der Waals surface area contributed by atoms with Gasteiger partial charge < -0.3 is 10.2 Å². The van der Waals surface area contributed by atoms with Crippen LogP contribution in [0.25, 0.3) is 0 Å². The summed E-state index contributed by atoms with van der Waals surface area (Å²) in [6, 6.07) is 8.37. The number of carbonyl (C=O) groups is 1. The number of para-hydroxylation sites is 1. The van der Waals surface area contributed by atoms with Crippen LogP contribution in [0.3, 0.4) is 0 Å². The van der Waals surface area contributed by atoms with Crippen molar-refractivity contribution in [2.75, 3.05) is 11.4 Å². The average molecular weight is 260 g/mol. The van der Waals surface area contributed by atoms with E-state index >= 15 is 0 Å². The summed E-state index contributed by atoms with van der Waals surface area (Å²) in [5, 5.41) is 3.10. The van der Waals surface area contributed by atoms with Gasteiger partial charge in [0.25, 0.3) is 0 Å². The van der Waals surface area contributed by atoms with Gasteiger partial charge in [0, 0.05) is 12.2 Å². The predicted octanol–water partition coefficient (Wildman–Crippen LogP) is 2.74. The fourth-order valence-corrected chi connectivity index (χ4v) is 2.67. The van der Waals surface area contributed by atoms with Crippen molar-refractivity contribution >= 4 is 11.6 Å². The lowest BCUT2D eigenvalue weighted by Gasteiger charge is -2.50. The molecule has 0 atom stereocenters. The van der Waals surface area contributed by atoms with Gasteiger partial charge in [0.2, 0.25) is 5.91 Å². The first-order chi connectivity index (χ1) is 8.78. The van der Waals surface area contributed by atoms with Crippen LogP contribution in [-0.2, 0) is 11.2 Å². The van der Waals surface area contributed by atoms with Crippen molar-refractivity contribution in [3.63, 3.8) is 0 Å². The lowest BCUT2D eigenvalue weighted by atomic mass is 9.89. The second-order valence-corrected chi connectivity index (χ2v) is 6.47. The third-order valence-electron chi connectivity index (χ3n) is 3.90. The fourth-order valence-electron chi connectivity index (χ4n) is 2.67. The lowest BCUT2D eigenvalue weighted by molar-refractivity contribution is -0.128. The van der Waals surface area contributed by atoms with E-state index in [2.05, 4.69) is 49.2 Å². The Morgan fingerprint density at radius 3 is 2.47 bits per heavy atom. The van der Waals surface area contributed by atoms with E-state index in [4.69, 9.17) is 0 Å². The third-order valence-corrected chi connectivity index (χ3v) is 3.90. The number of nitrogens with zero attached hydrogens (tertiary/aromatic N) is 1. The van der Waals surface area contributed by atoms with E-state index in [-0.39, 0.29) is 11.4 Å². The van der Waals surface area contributed by atoms with E-state index in [1.807, 2.05) is 19.9 Å². The Labute approximate surface area is 116 Å². The third kappa shape index (κ3) is 2.46. The predicted molar refractivity (Wildman–Crippen MR) is 79.5 cm³/mol. The zero-order chi connectivity index (χ0) is 14.3. The minimum Gasteiger partial charge on any atom is -0.355 e. The van der Waals surface area contributed by atoms with Crippen LogP contribution in [0.4, 0.5) is 5.69 Å². The molecular formula is C16H24N2O. The molecule has 0 unspecified atom stereocenters. The Kier molecular flexibility index (Phi) is 3.33. The van der Waals surface area contributed by atoms with Crippen LogP contribution in [0.1, 0.15) is 40.2 Å². The monoisotopic (exact) mass is 260 g/mol. The van der Waals surface area contributed by atoms with Crippen molar-refractivity contribution < 1.29 is 4.79 Å². The van der Waals surface area contributed by atoms with Crippen molar-refractivity contribution in [2.45, 2.75) is 52.1 Å². The van der Waals surface area contributed by atoms with Gasteiger partial charge in [-0.2, -0.15) is 0 Å². The molecule has 3 nitrogen and oxygen atoms in total. The van der Waals surface area contributed by atoms with Crippen LogP contribution in [0, 0.1) is 0 Å². The van der Waals surface area contributed by atoms with Crippen LogP contribution < -0.4 is 10.2 Å². The van der Waals surface area contributed by atoms with Gasteiger partial charge in [-0.1, -0.05) is 25.1 Å². The second-order valence-electron chi connectivity index (χ2n) is 6.47. The zero-order valence-corrected chi connectivity index (χ0v) is 12.6. The van der Waals surface area contributed by atoms with Gasteiger partial charge in [0.05, 0.1) is 5.54 Å². The molecule has 1 aliphatic rings. The van der Waals surface area contributed by atoms with Gasteiger partial charge in [0.15, 0.2) is 0 Å². The summed E-state index contributed by atoms with van der Waals surface area (Å²) in [5.74, 6) is 0.0923. The van der Waals surface area contributed by atoms with E-state index in [0.717, 1.165) is 13.0 Å². The molecule has 0 saturated carbocycles. The van der Waals surface area contributed by atoms with E-state index in [9.17, 15) is 4.79 Å². The second kappa shape index (κ2) is 4.55. The van der Waals surface area contributed by atoms with Gasteiger partial charge in [-0.05, 0) is 45.7 Å². The molecule has 1 aromatic carbocycles. The summed E-state index contributed by atoms with van der Waals surface area (Å²) < 4.78 is 0. The number of hydrogen-bond donors (Lipinski definition) is 1. The first-order valence-electron chi connectivity index (χ1n) is 6.96. The minimum absolute atomic E-state index is 0.0923. The van der Waals surface area contributed by atoms with E-state index in [1.165, 1.54) is 11.3 Å². The maximum absolute atomic E-state index is 12.4. The van der Waals surface area contributed by atoms with E-state index < -0.39 is 5.54 Å². The lowest BCUT2D eigenvalue weighted by Crippen LogP contribution is -2.69. The summed E-state index contributed by atoms with van der Waals surface area (Å²) in [4.78, 5) is 14.6. The van der Waals surface area contributed by atoms with Crippen molar-refractivity contribution in [3.8, 4) is 0 Å². The smallest absolute Gasteiger partial charge is 0.245 e. The standard InChI is InChI=1S/C16H24N2O/c1-6-12-9-7-8-10-13(12)18-11-15(2,3)17-14(19)16(18,4)5/h7-10H,6,11H2,1-5H3,(H,17,19). The molecule has 104 valence electrons. The maximum atomic E-state index is 12.4. The Morgan fingerprint density at radius 2 is 1.84 bits per heavy atom. The Bertz CT molecular complexity index is 491. The van der Waals surface area contributed by atoms with Crippen LogP contribution in [0.5, 0.6) is 0 Å². The average Bonchev–Trinajstić information content (AvgIpc) is 2.34. The molecule has 0 aliphatic carbocycles. The highest BCUT2D eigenvalue weighted by Crippen LogP contribution is 2.32. The number of hydrogen-bond acceptors (Lipinski definition) is 2. The van der Waals surface area contributed by atoms with E-state index in [1.54, 1.807) is 0 Å². The SMILES string of the molecule is CCc1ccccc1N1CC(C)(C)NC(=O)C1(C)C. The first kappa shape index (κ1) is 13.9. The molecule has 19 heavy (non-hydrogen) atoms. The Balaban J connectivity index is 2.48. The number of carbonyl (C=O) groups excluding carboxylic acids is 1. The number of piperazine rings is 1. The van der Waals surface area contributed by atoms with Crippen LogP contribution >= 0.6 is 0 Å². The Hall–Kier alpha value is -1.51. The van der Waals surface area contributed by atoms with Crippen molar-refractivity contribution in [1.29, 1.82) is 0 Å². The van der Waals surface area contributed by atoms with Crippen LogP contribution in [0.2, 0.25) is 0 Å². The molecule has 1 amide bonds. The molecule has 3 heteroatoms. The molecule has 0 aromatic heterocycles. The van der Waals surface area contributed by atoms with E-state index in [0.29, 0.717) is 0 Å². The van der Waals surface area contributed by atoms with Gasteiger partial charge in [-0.25, -0.2) is 0 Å². The maximum Gasteiger partial charge on any atom is 0.245 e. The number of benzene rings is 1. The largest absolute Gasteiger partial charge is 0.355 e. The molecule has 1 saturated heterocycles. The highest BCUT2D eigenvalue weighted by Gasteiger charge is 2.44. The molecule has 2 rings (SSSR count). The number of anilines is 1. The number of aryl methyl sites for hydroxylation is 1. The molecule has 0 radical (unpaired) electrons. The normalized spacial score (nSPS) is 21.1. The zero-order valence-electron chi connectivity index (χ0n) is 12.6. The number of amides is 1. The molecule has 1 aliphatic heterocycles. The topological polar surface area (TPSA) is 32.3 Å². The van der Waals surface area contributed by atoms with Crippen LogP contribution in [-0.4, -0.2) is 23.5 Å². The quantitative estimate of drug-likeness (QED) is 0.886. The summed E-state index contributed by atoms with van der Waals surface area (Å²) in [6.45, 7) is 11.1. The molecule has 1 fully saturated rings. The molecule has 1 N–H and O–H groups in total. The number of rotatable bonds is 2. The van der Waals surface area contributed by atoms with Crippen LogP contribution in [0.15, 0.2) is 24.3 Å². The van der Waals surface area contributed by atoms with Crippen molar-refractivity contribution in [2.24, 2.45) is 0 Å². The highest BCUT2D eigenvalue weighted by molar-refractivity contribution is 5.91. The van der Waals surface area contributed by atoms with Gasteiger partial charge in [-0.3, -0.25) is 4.79 Å². The Morgan fingerprint density at radius 1 is 1.21 bits per heavy atom. The molecule has 0 spiro atoms. The summed E-state index contributed by atoms with van der Waals surface area (Å²) in [5.41, 5.74) is 1.76. The molecule has 0 bridgehead atoms. The number of nitrogens with one attached hydrogen (secondary N) is 1. The molecule has 1 aromatic rings. The summed E-state index contributed by atoms with van der Waals surface area (Å²) >= 11 is 0. The molecule has 1 heterocycles. The van der Waals surface area contributed by atoms with Gasteiger partial charge >= 0.3 is 0 Å². The molecular weight excluding hydrogens is 236 g/mol. The summed E-state index contributed by atoms with van der Waals surface area (Å²) in [7, 11) is 0. The van der Waals surface area contributed by atoms with Crippen molar-refractivity contribution in [1.82, 2.24) is 5.32 Å².